The van der Waals surface area contributed by atoms with Crippen molar-refractivity contribution in [2.75, 3.05) is 0 Å². The van der Waals surface area contributed by atoms with Gasteiger partial charge in [0.1, 0.15) is 5.75 Å². The summed E-state index contributed by atoms with van der Waals surface area (Å²) in [4.78, 5) is 11.4. The van der Waals surface area contributed by atoms with Crippen LogP contribution in [0.1, 0.15) is 18.1 Å². The Labute approximate surface area is 122 Å². The van der Waals surface area contributed by atoms with E-state index in [-0.39, 0.29) is 5.97 Å². The molecule has 4 rings (SSSR count). The summed E-state index contributed by atoms with van der Waals surface area (Å²) >= 11 is 0. The van der Waals surface area contributed by atoms with Crippen molar-refractivity contribution in [2.45, 2.75) is 13.3 Å². The number of esters is 1. The SMILES string of the molecule is CC(=O)Oc1cc2c3c(ccc2c2c1=CC=C2)=CC=CC3. The highest BCUT2D eigenvalue weighted by Crippen LogP contribution is 2.26. The van der Waals surface area contributed by atoms with Crippen LogP contribution in [0.3, 0.4) is 0 Å². The third kappa shape index (κ3) is 1.83. The van der Waals surface area contributed by atoms with E-state index in [1.165, 1.54) is 28.5 Å². The normalized spacial score (nSPS) is 14.3. The number of benzene rings is 2. The molecule has 0 aromatic heterocycles. The summed E-state index contributed by atoms with van der Waals surface area (Å²) in [7, 11) is 0. The number of fused-ring (bicyclic) bond motifs is 5. The second kappa shape index (κ2) is 4.45. The minimum atomic E-state index is -0.284. The molecule has 0 spiro atoms. The lowest BCUT2D eigenvalue weighted by Crippen LogP contribution is -2.16. The van der Waals surface area contributed by atoms with Crippen LogP contribution in [-0.2, 0) is 11.2 Å². The molecule has 0 atom stereocenters. The van der Waals surface area contributed by atoms with Crippen LogP contribution in [-0.4, -0.2) is 5.97 Å². The molecule has 2 aliphatic rings. The van der Waals surface area contributed by atoms with Crippen molar-refractivity contribution in [3.8, 4) is 5.75 Å². The Kier molecular flexibility index (Phi) is 2.58. The lowest BCUT2D eigenvalue weighted by Gasteiger charge is -2.13. The fourth-order valence-electron chi connectivity index (χ4n) is 3.14. The van der Waals surface area contributed by atoms with Crippen molar-refractivity contribution in [3.63, 3.8) is 0 Å². The Bertz CT molecular complexity index is 959. The van der Waals surface area contributed by atoms with E-state index in [1.54, 1.807) is 0 Å². The van der Waals surface area contributed by atoms with Crippen molar-refractivity contribution in [1.29, 1.82) is 0 Å². The molecule has 2 heteroatoms. The molecule has 2 nitrogen and oxygen atoms in total. The Morgan fingerprint density at radius 1 is 1.14 bits per heavy atom. The predicted octanol–water partition coefficient (Wildman–Crippen LogP) is 2.47. The standard InChI is InChI=1S/C19H14O2/c1-12(20)21-19-11-18-14-6-3-2-5-13(14)9-10-16(18)15-7-4-8-17(15)19/h2-5,7-11H,6H2,1H3. The summed E-state index contributed by atoms with van der Waals surface area (Å²) < 4.78 is 5.42. The topological polar surface area (TPSA) is 26.3 Å². The largest absolute Gasteiger partial charge is 0.426 e. The van der Waals surface area contributed by atoms with Crippen LogP contribution in [0.2, 0.25) is 0 Å². The first-order valence-electron chi connectivity index (χ1n) is 7.06. The highest BCUT2D eigenvalue weighted by atomic mass is 16.5. The van der Waals surface area contributed by atoms with Crippen LogP contribution in [0.4, 0.5) is 0 Å². The molecule has 0 heterocycles. The van der Waals surface area contributed by atoms with Gasteiger partial charge < -0.3 is 4.74 Å². The molecule has 0 saturated heterocycles. The minimum Gasteiger partial charge on any atom is -0.426 e. The van der Waals surface area contributed by atoms with Crippen molar-refractivity contribution in [1.82, 2.24) is 0 Å². The molecule has 2 aromatic rings. The molecule has 102 valence electrons. The van der Waals surface area contributed by atoms with Crippen molar-refractivity contribution in [3.05, 3.63) is 58.0 Å². The second-order valence-electron chi connectivity index (χ2n) is 5.35. The molecule has 0 bridgehead atoms. The maximum atomic E-state index is 11.4. The van der Waals surface area contributed by atoms with Crippen LogP contribution < -0.4 is 15.2 Å². The van der Waals surface area contributed by atoms with Gasteiger partial charge in [-0.05, 0) is 39.6 Å². The van der Waals surface area contributed by atoms with Gasteiger partial charge in [0.15, 0.2) is 0 Å². The lowest BCUT2D eigenvalue weighted by molar-refractivity contribution is -0.131. The molecule has 0 aliphatic heterocycles. The van der Waals surface area contributed by atoms with Gasteiger partial charge >= 0.3 is 5.97 Å². The van der Waals surface area contributed by atoms with Crippen molar-refractivity contribution >= 4 is 35.0 Å². The number of rotatable bonds is 1. The average Bonchev–Trinajstić information content (AvgIpc) is 2.96. The molecular weight excluding hydrogens is 260 g/mol. The zero-order chi connectivity index (χ0) is 14.4. The third-order valence-corrected chi connectivity index (χ3v) is 4.03. The number of hydrogen-bond acceptors (Lipinski definition) is 2. The van der Waals surface area contributed by atoms with Gasteiger partial charge in [0, 0.05) is 12.1 Å². The summed E-state index contributed by atoms with van der Waals surface area (Å²) in [5, 5.41) is 4.62. The molecule has 2 aliphatic carbocycles. The summed E-state index contributed by atoms with van der Waals surface area (Å²) in [6, 6.07) is 6.33. The smallest absolute Gasteiger partial charge is 0.308 e. The maximum Gasteiger partial charge on any atom is 0.308 e. The third-order valence-electron chi connectivity index (χ3n) is 4.03. The summed E-state index contributed by atoms with van der Waals surface area (Å²) in [5.74, 6) is 0.367. The van der Waals surface area contributed by atoms with Crippen LogP contribution in [0, 0.1) is 0 Å². The summed E-state index contributed by atoms with van der Waals surface area (Å²) in [6.45, 7) is 1.44. The van der Waals surface area contributed by atoms with Crippen LogP contribution in [0.25, 0.3) is 29.0 Å². The highest BCUT2D eigenvalue weighted by Gasteiger charge is 2.14. The van der Waals surface area contributed by atoms with E-state index in [9.17, 15) is 4.79 Å². The number of carbonyl (C=O) groups is 1. The molecule has 0 N–H and O–H groups in total. The van der Waals surface area contributed by atoms with E-state index in [0.29, 0.717) is 5.75 Å². The minimum absolute atomic E-state index is 0.284. The fourth-order valence-corrected chi connectivity index (χ4v) is 3.14. The molecule has 2 aromatic carbocycles. The summed E-state index contributed by atoms with van der Waals surface area (Å²) in [6.07, 6.45) is 13.4. The van der Waals surface area contributed by atoms with Crippen molar-refractivity contribution in [2.24, 2.45) is 0 Å². The van der Waals surface area contributed by atoms with Gasteiger partial charge in [0.2, 0.25) is 0 Å². The van der Waals surface area contributed by atoms with E-state index in [2.05, 4.69) is 36.4 Å². The Hall–Kier alpha value is -2.61. The molecule has 0 amide bonds. The van der Waals surface area contributed by atoms with E-state index in [0.717, 1.165) is 17.2 Å². The zero-order valence-corrected chi connectivity index (χ0v) is 11.7. The van der Waals surface area contributed by atoms with Gasteiger partial charge in [0.25, 0.3) is 0 Å². The first kappa shape index (κ1) is 12.2. The zero-order valence-electron chi connectivity index (χ0n) is 11.7. The van der Waals surface area contributed by atoms with Gasteiger partial charge in [-0.25, -0.2) is 0 Å². The van der Waals surface area contributed by atoms with E-state index < -0.39 is 0 Å². The van der Waals surface area contributed by atoms with E-state index >= 15 is 0 Å². The van der Waals surface area contributed by atoms with E-state index in [1.807, 2.05) is 18.2 Å². The quantitative estimate of drug-likeness (QED) is 0.590. The van der Waals surface area contributed by atoms with Gasteiger partial charge in [0.05, 0.1) is 0 Å². The number of allylic oxidation sites excluding steroid dienone is 3. The Balaban J connectivity index is 2.12. The van der Waals surface area contributed by atoms with Gasteiger partial charge in [-0.2, -0.15) is 0 Å². The number of ether oxygens (including phenoxy) is 1. The average molecular weight is 274 g/mol. The molecule has 0 saturated carbocycles. The van der Waals surface area contributed by atoms with Crippen molar-refractivity contribution < 1.29 is 9.53 Å². The van der Waals surface area contributed by atoms with Crippen LogP contribution >= 0.6 is 0 Å². The number of hydrogen-bond donors (Lipinski definition) is 0. The fraction of sp³-hybridized carbons (Fsp3) is 0.105. The Morgan fingerprint density at radius 3 is 2.90 bits per heavy atom. The first-order valence-corrected chi connectivity index (χ1v) is 7.06. The van der Waals surface area contributed by atoms with Crippen LogP contribution in [0.5, 0.6) is 5.75 Å². The highest BCUT2D eigenvalue weighted by molar-refractivity contribution is 5.97. The summed E-state index contributed by atoms with van der Waals surface area (Å²) in [5.41, 5.74) is 2.44. The second-order valence-corrected chi connectivity index (χ2v) is 5.35. The molecule has 0 unspecified atom stereocenters. The molecule has 21 heavy (non-hydrogen) atoms. The van der Waals surface area contributed by atoms with Gasteiger partial charge in [-0.1, -0.05) is 48.6 Å². The number of carbonyl (C=O) groups excluding carboxylic acids is 1. The Morgan fingerprint density at radius 2 is 2.05 bits per heavy atom. The molecule has 0 fully saturated rings. The predicted molar refractivity (Wildman–Crippen MR) is 85.3 cm³/mol. The maximum absolute atomic E-state index is 11.4. The van der Waals surface area contributed by atoms with Crippen LogP contribution in [0.15, 0.2) is 36.4 Å². The molecular formula is C19H14O2. The van der Waals surface area contributed by atoms with Gasteiger partial charge in [-0.3, -0.25) is 4.79 Å². The molecule has 0 radical (unpaired) electrons. The first-order chi connectivity index (χ1) is 10.2. The lowest BCUT2D eigenvalue weighted by atomic mass is 9.93. The van der Waals surface area contributed by atoms with Gasteiger partial charge in [-0.15, -0.1) is 0 Å². The van der Waals surface area contributed by atoms with E-state index in [4.69, 9.17) is 4.74 Å². The monoisotopic (exact) mass is 274 g/mol.